The molecule has 3 fully saturated rings. The largest absolute Gasteiger partial charge is 0.445 e. The second-order valence-corrected chi connectivity index (χ2v) is 9.91. The van der Waals surface area contributed by atoms with Gasteiger partial charge in [0.1, 0.15) is 18.2 Å². The molecule has 9 nitrogen and oxygen atoms in total. The summed E-state index contributed by atoms with van der Waals surface area (Å²) in [7, 11) is 0. The van der Waals surface area contributed by atoms with E-state index >= 15 is 0 Å². The molecule has 1 aromatic carbocycles. The van der Waals surface area contributed by atoms with E-state index in [9.17, 15) is 19.2 Å². The molecule has 33 heavy (non-hydrogen) atoms. The number of nitrogens with zero attached hydrogens (tertiary/aromatic N) is 2. The highest BCUT2D eigenvalue weighted by Crippen LogP contribution is 2.41. The Morgan fingerprint density at radius 3 is 2.48 bits per heavy atom. The molecule has 2 saturated heterocycles. The Hall–Kier alpha value is -3.10. The maximum absolute atomic E-state index is 13.1. The van der Waals surface area contributed by atoms with Gasteiger partial charge in [0.15, 0.2) is 0 Å². The van der Waals surface area contributed by atoms with Gasteiger partial charge in [0.05, 0.1) is 5.92 Å². The SMILES string of the molecule is CC(C)(C)OC(=O)N1C(=O)C2CC1CCC2N1CCC(NC(=O)OCc2ccccc2)C1=O. The highest BCUT2D eigenvalue weighted by molar-refractivity contribution is 5.97. The summed E-state index contributed by atoms with van der Waals surface area (Å²) in [6.07, 6.45) is 0.995. The quantitative estimate of drug-likeness (QED) is 0.745. The van der Waals surface area contributed by atoms with E-state index in [0.717, 1.165) is 5.56 Å². The van der Waals surface area contributed by atoms with Gasteiger partial charge >= 0.3 is 12.2 Å². The molecule has 2 bridgehead atoms. The second kappa shape index (κ2) is 9.03. The highest BCUT2D eigenvalue weighted by atomic mass is 16.6. The summed E-state index contributed by atoms with van der Waals surface area (Å²) in [6, 6.07) is 8.16. The van der Waals surface area contributed by atoms with Crippen molar-refractivity contribution in [3.63, 3.8) is 0 Å². The van der Waals surface area contributed by atoms with Crippen molar-refractivity contribution in [3.05, 3.63) is 35.9 Å². The molecule has 1 saturated carbocycles. The van der Waals surface area contributed by atoms with Crippen LogP contribution in [0, 0.1) is 5.92 Å². The number of rotatable bonds is 4. The van der Waals surface area contributed by atoms with Crippen molar-refractivity contribution < 1.29 is 28.7 Å². The third-order valence-electron chi connectivity index (χ3n) is 6.44. The monoisotopic (exact) mass is 457 g/mol. The Kier molecular flexibility index (Phi) is 6.32. The lowest BCUT2D eigenvalue weighted by Crippen LogP contribution is -2.48. The third-order valence-corrected chi connectivity index (χ3v) is 6.44. The first-order valence-corrected chi connectivity index (χ1v) is 11.5. The number of hydrogen-bond donors (Lipinski definition) is 1. The number of nitrogens with one attached hydrogen (secondary N) is 1. The molecule has 178 valence electrons. The lowest BCUT2D eigenvalue weighted by Gasteiger charge is -2.34. The first kappa shape index (κ1) is 23.1. The zero-order chi connectivity index (χ0) is 23.8. The minimum atomic E-state index is -0.688. The van der Waals surface area contributed by atoms with E-state index in [0.29, 0.717) is 32.2 Å². The topological polar surface area (TPSA) is 105 Å². The fourth-order valence-electron chi connectivity index (χ4n) is 4.99. The summed E-state index contributed by atoms with van der Waals surface area (Å²) < 4.78 is 10.7. The van der Waals surface area contributed by atoms with Crippen molar-refractivity contribution in [1.29, 1.82) is 0 Å². The molecule has 2 aliphatic heterocycles. The van der Waals surface area contributed by atoms with Gasteiger partial charge in [-0.1, -0.05) is 30.3 Å². The standard InChI is InChI=1S/C24H31N3O6/c1-24(2,3)33-23(31)27-16-9-10-19(17(13-16)20(27)28)26-12-11-18(21(26)29)25-22(30)32-14-15-7-5-4-6-8-15/h4-8,16-19H,9-14H2,1-3H3,(H,25,30). The summed E-state index contributed by atoms with van der Waals surface area (Å²) in [6.45, 7) is 5.87. The average molecular weight is 458 g/mol. The van der Waals surface area contributed by atoms with E-state index in [2.05, 4.69) is 5.32 Å². The number of likely N-dealkylation sites (tertiary alicyclic amines) is 2. The molecular weight excluding hydrogens is 426 g/mol. The molecule has 2 heterocycles. The van der Waals surface area contributed by atoms with E-state index < -0.39 is 29.7 Å². The van der Waals surface area contributed by atoms with Crippen LogP contribution in [0.4, 0.5) is 9.59 Å². The predicted molar refractivity (Wildman–Crippen MR) is 118 cm³/mol. The summed E-state index contributed by atoms with van der Waals surface area (Å²) in [5.74, 6) is -0.911. The number of hydrogen-bond acceptors (Lipinski definition) is 6. The van der Waals surface area contributed by atoms with Gasteiger partial charge in [0.2, 0.25) is 11.8 Å². The first-order chi connectivity index (χ1) is 15.6. The van der Waals surface area contributed by atoms with Crippen molar-refractivity contribution in [2.75, 3.05) is 6.54 Å². The van der Waals surface area contributed by atoms with Crippen LogP contribution in [0.15, 0.2) is 30.3 Å². The normalized spacial score (nSPS) is 27.0. The molecule has 0 aromatic heterocycles. The van der Waals surface area contributed by atoms with Crippen LogP contribution >= 0.6 is 0 Å². The van der Waals surface area contributed by atoms with Gasteiger partial charge in [-0.05, 0) is 52.0 Å². The minimum absolute atomic E-state index is 0.123. The number of carbonyl (C=O) groups is 4. The summed E-state index contributed by atoms with van der Waals surface area (Å²) >= 11 is 0. The number of fused-ring (bicyclic) bond motifs is 2. The molecule has 9 heteroatoms. The molecule has 0 spiro atoms. The van der Waals surface area contributed by atoms with Crippen molar-refractivity contribution in [2.24, 2.45) is 5.92 Å². The summed E-state index contributed by atoms with van der Waals surface area (Å²) in [4.78, 5) is 53.8. The molecule has 4 rings (SSSR count). The molecule has 1 N–H and O–H groups in total. The second-order valence-electron chi connectivity index (χ2n) is 9.91. The first-order valence-electron chi connectivity index (χ1n) is 11.5. The molecular formula is C24H31N3O6. The molecule has 4 unspecified atom stereocenters. The van der Waals surface area contributed by atoms with E-state index in [1.54, 1.807) is 25.7 Å². The lowest BCUT2D eigenvalue weighted by molar-refractivity contribution is -0.136. The third kappa shape index (κ3) is 4.96. The maximum Gasteiger partial charge on any atom is 0.417 e. The van der Waals surface area contributed by atoms with Gasteiger partial charge < -0.3 is 19.7 Å². The number of benzene rings is 1. The molecule has 4 atom stereocenters. The van der Waals surface area contributed by atoms with E-state index in [1.807, 2.05) is 30.3 Å². The number of alkyl carbamates (subject to hydrolysis) is 1. The number of amides is 4. The Morgan fingerprint density at radius 2 is 1.79 bits per heavy atom. The van der Waals surface area contributed by atoms with Crippen LogP contribution in [-0.2, 0) is 25.7 Å². The molecule has 0 radical (unpaired) electrons. The molecule has 3 aliphatic rings. The number of imide groups is 1. The molecule has 4 amide bonds. The Morgan fingerprint density at radius 1 is 1.06 bits per heavy atom. The van der Waals surface area contributed by atoms with Crippen LogP contribution in [0.1, 0.15) is 52.0 Å². The van der Waals surface area contributed by atoms with E-state index in [-0.39, 0.29) is 30.5 Å². The highest BCUT2D eigenvalue weighted by Gasteiger charge is 2.54. The van der Waals surface area contributed by atoms with Crippen molar-refractivity contribution >= 4 is 24.0 Å². The van der Waals surface area contributed by atoms with Crippen molar-refractivity contribution in [1.82, 2.24) is 15.1 Å². The zero-order valence-electron chi connectivity index (χ0n) is 19.3. The summed E-state index contributed by atoms with van der Waals surface area (Å²) in [5, 5.41) is 2.65. The van der Waals surface area contributed by atoms with Gasteiger partial charge in [-0.15, -0.1) is 0 Å². The van der Waals surface area contributed by atoms with Gasteiger partial charge in [-0.3, -0.25) is 9.59 Å². The smallest absolute Gasteiger partial charge is 0.417 e. The van der Waals surface area contributed by atoms with Crippen molar-refractivity contribution in [2.45, 2.75) is 76.8 Å². The predicted octanol–water partition coefficient (Wildman–Crippen LogP) is 2.83. The lowest BCUT2D eigenvalue weighted by atomic mass is 9.84. The van der Waals surface area contributed by atoms with Crippen LogP contribution in [0.25, 0.3) is 0 Å². The van der Waals surface area contributed by atoms with Crippen LogP contribution in [-0.4, -0.2) is 64.1 Å². The fraction of sp³-hybridized carbons (Fsp3) is 0.583. The Bertz CT molecular complexity index is 928. The average Bonchev–Trinajstić information content (AvgIpc) is 3.24. The Balaban J connectivity index is 1.34. The van der Waals surface area contributed by atoms with Gasteiger partial charge in [0.25, 0.3) is 0 Å². The fourth-order valence-corrected chi connectivity index (χ4v) is 4.99. The molecule has 1 aromatic rings. The van der Waals surface area contributed by atoms with E-state index in [1.165, 1.54) is 4.90 Å². The number of ether oxygens (including phenoxy) is 2. The van der Waals surface area contributed by atoms with Crippen molar-refractivity contribution in [3.8, 4) is 0 Å². The van der Waals surface area contributed by atoms with Crippen LogP contribution in [0.2, 0.25) is 0 Å². The number of carbonyl (C=O) groups excluding carboxylic acids is 4. The maximum atomic E-state index is 13.1. The summed E-state index contributed by atoms with van der Waals surface area (Å²) in [5.41, 5.74) is 0.171. The van der Waals surface area contributed by atoms with E-state index in [4.69, 9.17) is 9.47 Å². The van der Waals surface area contributed by atoms with Crippen LogP contribution in [0.3, 0.4) is 0 Å². The van der Waals surface area contributed by atoms with Gasteiger partial charge in [-0.2, -0.15) is 0 Å². The minimum Gasteiger partial charge on any atom is -0.445 e. The van der Waals surface area contributed by atoms with Crippen LogP contribution < -0.4 is 5.32 Å². The van der Waals surface area contributed by atoms with Gasteiger partial charge in [-0.25, -0.2) is 14.5 Å². The van der Waals surface area contributed by atoms with Crippen LogP contribution in [0.5, 0.6) is 0 Å². The Labute approximate surface area is 193 Å². The zero-order valence-corrected chi connectivity index (χ0v) is 19.3. The molecule has 1 aliphatic carbocycles. The van der Waals surface area contributed by atoms with Gasteiger partial charge in [0, 0.05) is 18.6 Å².